The van der Waals surface area contributed by atoms with Crippen LogP contribution in [0.15, 0.2) is 42.5 Å². The first-order valence-corrected chi connectivity index (χ1v) is 3.32. The van der Waals surface area contributed by atoms with Crippen molar-refractivity contribution in [2.45, 2.75) is 0 Å². The van der Waals surface area contributed by atoms with Gasteiger partial charge in [0.2, 0.25) is 0 Å². The molecular weight excluding hydrogens is 163 g/mol. The molecule has 0 bridgehead atoms. The molecule has 0 aromatic heterocycles. The van der Waals surface area contributed by atoms with Crippen LogP contribution in [0.1, 0.15) is 0 Å². The number of benzene rings is 2. The zero-order chi connectivity index (χ0) is 6.81. The van der Waals surface area contributed by atoms with Crippen LogP contribution in [0, 0.1) is 6.07 Å². The van der Waals surface area contributed by atoms with Crippen LogP contribution in [0.2, 0.25) is 0 Å². The Bertz CT molecular complexity index is 281. The third-order valence-corrected chi connectivity index (χ3v) is 1.57. The van der Waals surface area contributed by atoms with Crippen LogP contribution in [-0.2, 0) is 0 Å². The Labute approximate surface area is 87.1 Å². The van der Waals surface area contributed by atoms with Crippen molar-refractivity contribution >= 4 is 33.8 Å². The molecule has 0 heterocycles. The van der Waals surface area contributed by atoms with E-state index in [0.717, 1.165) is 0 Å². The van der Waals surface area contributed by atoms with Gasteiger partial charge in [0, 0.05) is 0 Å². The summed E-state index contributed by atoms with van der Waals surface area (Å²) in [5.41, 5.74) is 0. The number of hydrogen-bond acceptors (Lipinski definition) is 0. The van der Waals surface area contributed by atoms with Gasteiger partial charge in [0.25, 0.3) is 0 Å². The minimum absolute atomic E-state index is 0. The molecule has 0 saturated heterocycles. The van der Waals surface area contributed by atoms with Crippen molar-refractivity contribution in [2.75, 3.05) is 0 Å². The molecule has 0 unspecified atom stereocenters. The van der Waals surface area contributed by atoms with E-state index in [9.17, 15) is 0 Å². The summed E-state index contributed by atoms with van der Waals surface area (Å²) in [5.74, 6) is 0. The van der Waals surface area contributed by atoms with Crippen molar-refractivity contribution in [3.63, 3.8) is 0 Å². The fourth-order valence-corrected chi connectivity index (χ4v) is 1.06. The second-order valence-corrected chi connectivity index (χ2v) is 2.26. The van der Waals surface area contributed by atoms with Crippen LogP contribution >= 0.6 is 0 Å². The molecule has 0 spiro atoms. The van der Waals surface area contributed by atoms with E-state index in [1.807, 2.05) is 24.3 Å². The molecule has 0 radical (unpaired) electrons. The molecule has 0 aliphatic rings. The van der Waals surface area contributed by atoms with Gasteiger partial charge < -0.3 is 4.70 Å². The van der Waals surface area contributed by atoms with E-state index < -0.39 is 0 Å². The monoisotopic (exact) mass is 170 g/mol. The van der Waals surface area contributed by atoms with Crippen molar-refractivity contribution in [2.24, 2.45) is 0 Å². The largest absolute Gasteiger partial charge is 2.00 e. The van der Waals surface area contributed by atoms with Crippen LogP contribution in [0.3, 0.4) is 0 Å². The second kappa shape index (κ2) is 5.11. The molecule has 0 atom stereocenters. The zero-order valence-electron chi connectivity index (χ0n) is 6.63. The number of hydrogen-bond donors (Lipinski definition) is 0. The Morgan fingerprint density at radius 3 is 2.33 bits per heavy atom. The fourth-order valence-electron chi connectivity index (χ4n) is 1.06. The van der Waals surface area contributed by atoms with Crippen molar-refractivity contribution in [3.05, 3.63) is 48.5 Å². The van der Waals surface area contributed by atoms with Gasteiger partial charge in [-0.25, -0.2) is 0 Å². The Morgan fingerprint density at radius 1 is 0.917 bits per heavy atom. The first-order chi connectivity index (χ1) is 4.97. The average Bonchev–Trinajstić information content (AvgIpc) is 2.05. The van der Waals surface area contributed by atoms with Crippen molar-refractivity contribution in [1.29, 1.82) is 0 Å². The van der Waals surface area contributed by atoms with Gasteiger partial charge in [-0.3, -0.25) is 0 Å². The second-order valence-electron chi connectivity index (χ2n) is 2.26. The number of halogens is 1. The molecule has 0 aliphatic carbocycles. The SMILES string of the molecule is [F-].[Mg+2].[c-]1cccc2ccccc12. The van der Waals surface area contributed by atoms with E-state index in [1.54, 1.807) is 0 Å². The molecule has 0 nitrogen and oxygen atoms in total. The zero-order valence-corrected chi connectivity index (χ0v) is 8.04. The van der Waals surface area contributed by atoms with Crippen molar-refractivity contribution in [1.82, 2.24) is 0 Å². The maximum Gasteiger partial charge on any atom is 2.00 e. The molecule has 2 rings (SSSR count). The van der Waals surface area contributed by atoms with E-state index >= 15 is 0 Å². The van der Waals surface area contributed by atoms with Gasteiger partial charge in [-0.15, -0.1) is 47.2 Å². The van der Waals surface area contributed by atoms with Gasteiger partial charge in [0.05, 0.1) is 0 Å². The molecule has 2 heteroatoms. The first-order valence-electron chi connectivity index (χ1n) is 3.32. The topological polar surface area (TPSA) is 0 Å². The molecule has 0 aliphatic heterocycles. The van der Waals surface area contributed by atoms with Crippen LogP contribution < -0.4 is 4.70 Å². The van der Waals surface area contributed by atoms with Gasteiger partial charge in [0.15, 0.2) is 0 Å². The van der Waals surface area contributed by atoms with Gasteiger partial charge in [0.1, 0.15) is 0 Å². The van der Waals surface area contributed by atoms with Crippen LogP contribution in [0.25, 0.3) is 10.8 Å². The Hall–Kier alpha value is -0.604. The Kier molecular flexibility index (Phi) is 4.86. The van der Waals surface area contributed by atoms with Crippen molar-refractivity contribution < 1.29 is 4.70 Å². The molecule has 12 heavy (non-hydrogen) atoms. The summed E-state index contributed by atoms with van der Waals surface area (Å²) in [5, 5.41) is 2.44. The fraction of sp³-hybridized carbons (Fsp3) is 0. The van der Waals surface area contributed by atoms with Gasteiger partial charge in [-0.05, 0) is 0 Å². The van der Waals surface area contributed by atoms with Crippen LogP contribution in [0.4, 0.5) is 0 Å². The molecule has 2 aromatic rings. The quantitative estimate of drug-likeness (QED) is 0.361. The van der Waals surface area contributed by atoms with E-state index in [4.69, 9.17) is 0 Å². The summed E-state index contributed by atoms with van der Waals surface area (Å²) in [6.07, 6.45) is 0. The minimum atomic E-state index is 0. The summed E-state index contributed by atoms with van der Waals surface area (Å²) in [4.78, 5) is 0. The first kappa shape index (κ1) is 11.4. The van der Waals surface area contributed by atoms with E-state index in [0.29, 0.717) is 0 Å². The van der Waals surface area contributed by atoms with Gasteiger partial charge in [-0.2, -0.15) is 0 Å². The third kappa shape index (κ3) is 2.19. The number of fused-ring (bicyclic) bond motifs is 1. The maximum atomic E-state index is 3.15. The smallest absolute Gasteiger partial charge is 1.00 e. The molecule has 2 aromatic carbocycles. The molecular formula is C10H7FMg. The summed E-state index contributed by atoms with van der Waals surface area (Å²) < 4.78 is 0. The summed E-state index contributed by atoms with van der Waals surface area (Å²) in [7, 11) is 0. The minimum Gasteiger partial charge on any atom is -1.00 e. The average molecular weight is 170 g/mol. The third-order valence-electron chi connectivity index (χ3n) is 1.57. The predicted molar refractivity (Wildman–Crippen MR) is 48.5 cm³/mol. The van der Waals surface area contributed by atoms with Crippen molar-refractivity contribution in [3.8, 4) is 0 Å². The van der Waals surface area contributed by atoms with Gasteiger partial charge in [-0.1, -0.05) is 12.1 Å². The van der Waals surface area contributed by atoms with E-state index in [1.165, 1.54) is 10.8 Å². The molecule has 56 valence electrons. The summed E-state index contributed by atoms with van der Waals surface area (Å²) in [6.45, 7) is 0. The number of rotatable bonds is 0. The van der Waals surface area contributed by atoms with E-state index in [-0.39, 0.29) is 27.8 Å². The normalized spacial score (nSPS) is 8.33. The predicted octanol–water partition coefficient (Wildman–Crippen LogP) is -0.737. The maximum absolute atomic E-state index is 3.15. The summed E-state index contributed by atoms with van der Waals surface area (Å²) in [6, 6.07) is 17.4. The molecule has 0 saturated carbocycles. The Balaban J connectivity index is 0.000000605. The van der Waals surface area contributed by atoms with E-state index in [2.05, 4.69) is 24.3 Å². The Morgan fingerprint density at radius 2 is 1.58 bits per heavy atom. The van der Waals surface area contributed by atoms with Crippen LogP contribution in [0.5, 0.6) is 0 Å². The molecule has 0 amide bonds. The van der Waals surface area contributed by atoms with Crippen LogP contribution in [-0.4, -0.2) is 23.1 Å². The summed E-state index contributed by atoms with van der Waals surface area (Å²) >= 11 is 0. The molecule has 0 N–H and O–H groups in total. The standard InChI is InChI=1S/C10H7.FH.Mg/c1-2-6-10-8-4-3-7-9(10)5-1;;/h1-7H;1H;/q-1;;+2/p-1. The van der Waals surface area contributed by atoms with Gasteiger partial charge >= 0.3 is 23.1 Å². The molecule has 0 fully saturated rings.